The number of fused-ring (bicyclic) bond motifs is 8. The molecule has 6 nitrogen and oxygen atoms in total. The molecule has 1 unspecified atom stereocenters. The fraction of sp³-hybridized carbons (Fsp3) is 0.0169. The van der Waals surface area contributed by atoms with Crippen molar-refractivity contribution in [2.75, 3.05) is 0 Å². The predicted molar refractivity (Wildman–Crippen MR) is 518 cm³/mol. The third-order valence-corrected chi connectivity index (χ3v) is 24.8. The molecule has 0 fully saturated rings. The van der Waals surface area contributed by atoms with E-state index in [-0.39, 0.29) is 6.04 Å². The van der Waals surface area contributed by atoms with Crippen molar-refractivity contribution in [3.05, 3.63) is 455 Å². The molecule has 1 atom stereocenters. The number of rotatable bonds is 16. The van der Waals surface area contributed by atoms with Gasteiger partial charge in [-0.3, -0.25) is 0 Å². The fourth-order valence-electron chi connectivity index (χ4n) is 18.8. The minimum atomic E-state index is 0.105. The minimum absolute atomic E-state index is 0.105. The van der Waals surface area contributed by atoms with Crippen LogP contribution < -0.4 is 0 Å². The van der Waals surface area contributed by atoms with Crippen LogP contribution in [0.1, 0.15) is 12.5 Å². The van der Waals surface area contributed by atoms with E-state index in [0.717, 1.165) is 179 Å². The quantitative estimate of drug-likeness (QED) is 0.0967. The number of nitrogens with zero attached hydrogens (tertiary/aromatic N) is 6. The van der Waals surface area contributed by atoms with Crippen LogP contribution in [0, 0.1) is 0 Å². The Labute approximate surface area is 719 Å². The average molecular weight is 1580 g/mol. The summed E-state index contributed by atoms with van der Waals surface area (Å²) >= 11 is 0. The molecule has 1 aliphatic carbocycles. The fourth-order valence-corrected chi connectivity index (χ4v) is 18.8. The van der Waals surface area contributed by atoms with Gasteiger partial charge in [0.15, 0.2) is 11.6 Å². The Balaban J connectivity index is 0.648. The van der Waals surface area contributed by atoms with E-state index in [1.165, 1.54) is 43.7 Å². The molecule has 0 radical (unpaired) electrons. The van der Waals surface area contributed by atoms with Crippen LogP contribution in [0.25, 0.3) is 228 Å². The molecule has 4 heterocycles. The Hall–Kier alpha value is -16.3. The average Bonchev–Trinajstić information content (AvgIpc) is 1.55. The number of allylic oxidation sites excluding steroid dienone is 4. The molecule has 22 aromatic rings. The van der Waals surface area contributed by atoms with Crippen LogP contribution in [-0.4, -0.2) is 29.1 Å². The van der Waals surface area contributed by atoms with E-state index in [9.17, 15) is 0 Å². The maximum absolute atomic E-state index is 5.43. The molecule has 4 aromatic heterocycles. The lowest BCUT2D eigenvalue weighted by molar-refractivity contribution is 0.648. The Morgan fingerprint density at radius 3 is 1.06 bits per heavy atom. The zero-order valence-electron chi connectivity index (χ0n) is 67.8. The van der Waals surface area contributed by atoms with Gasteiger partial charge in [0.1, 0.15) is 0 Å². The van der Waals surface area contributed by atoms with E-state index in [4.69, 9.17) is 19.9 Å². The summed E-state index contributed by atoms with van der Waals surface area (Å²) in [5, 5.41) is 9.33. The summed E-state index contributed by atoms with van der Waals surface area (Å²) in [6.07, 6.45) is 9.93. The molecule has 580 valence electrons. The van der Waals surface area contributed by atoms with Crippen LogP contribution in [0.5, 0.6) is 0 Å². The lowest BCUT2D eigenvalue weighted by Crippen LogP contribution is -2.06. The maximum atomic E-state index is 5.43. The normalized spacial score (nSPS) is 12.7. The van der Waals surface area contributed by atoms with E-state index in [2.05, 4.69) is 434 Å². The molecule has 0 bridgehead atoms. The summed E-state index contributed by atoms with van der Waals surface area (Å²) in [4.78, 5) is 21.2. The van der Waals surface area contributed by atoms with Gasteiger partial charge in [0, 0.05) is 66.1 Å². The van der Waals surface area contributed by atoms with Crippen LogP contribution >= 0.6 is 0 Å². The topological polar surface area (TPSA) is 61.4 Å². The largest absolute Gasteiger partial charge is 0.333 e. The van der Waals surface area contributed by atoms with Crippen molar-refractivity contribution in [3.63, 3.8) is 0 Å². The highest BCUT2D eigenvalue weighted by atomic mass is 15.0. The summed E-state index contributed by atoms with van der Waals surface area (Å²) in [6, 6.07) is 157. The van der Waals surface area contributed by atoms with Crippen molar-refractivity contribution < 1.29 is 0 Å². The molecule has 6 heteroatoms. The maximum Gasteiger partial charge on any atom is 0.160 e. The molecule has 23 rings (SSSR count). The third-order valence-electron chi connectivity index (χ3n) is 24.8. The van der Waals surface area contributed by atoms with Gasteiger partial charge in [-0.15, -0.1) is 0 Å². The van der Waals surface area contributed by atoms with Crippen molar-refractivity contribution in [3.8, 4) is 163 Å². The molecule has 124 heavy (non-hydrogen) atoms. The van der Waals surface area contributed by atoms with Gasteiger partial charge in [0.25, 0.3) is 0 Å². The number of aromatic nitrogens is 6. The Bertz CT molecular complexity index is 7910. The second kappa shape index (κ2) is 31.1. The van der Waals surface area contributed by atoms with E-state index in [0.29, 0.717) is 11.6 Å². The van der Waals surface area contributed by atoms with Gasteiger partial charge in [-0.1, -0.05) is 352 Å². The second-order valence-corrected chi connectivity index (χ2v) is 32.3. The van der Waals surface area contributed by atoms with Crippen molar-refractivity contribution in [2.45, 2.75) is 12.5 Å². The number of benzene rings is 18. The van der Waals surface area contributed by atoms with Crippen molar-refractivity contribution in [1.29, 1.82) is 0 Å². The van der Waals surface area contributed by atoms with Crippen LogP contribution in [0.4, 0.5) is 0 Å². The van der Waals surface area contributed by atoms with Crippen LogP contribution in [0.15, 0.2) is 455 Å². The zero-order valence-corrected chi connectivity index (χ0v) is 67.8. The van der Waals surface area contributed by atoms with E-state index >= 15 is 0 Å². The van der Waals surface area contributed by atoms with Gasteiger partial charge in [-0.25, -0.2) is 19.9 Å². The first kappa shape index (κ1) is 72.9. The van der Waals surface area contributed by atoms with Gasteiger partial charge in [-0.05, 0) is 220 Å². The van der Waals surface area contributed by atoms with Gasteiger partial charge >= 0.3 is 0 Å². The lowest BCUT2D eigenvalue weighted by atomic mass is 9.88. The summed E-state index contributed by atoms with van der Waals surface area (Å²) in [7, 11) is 0. The lowest BCUT2D eigenvalue weighted by Gasteiger charge is -2.19. The molecule has 0 N–H and O–H groups in total. The molecular formula is C118H78N6. The first-order valence-corrected chi connectivity index (χ1v) is 42.6. The van der Waals surface area contributed by atoms with E-state index in [1.807, 2.05) is 30.3 Å². The first-order chi connectivity index (χ1) is 61.4. The van der Waals surface area contributed by atoms with Gasteiger partial charge in [0.05, 0.1) is 45.4 Å². The summed E-state index contributed by atoms with van der Waals surface area (Å²) in [5.41, 5.74) is 33.6. The number of para-hydroxylation sites is 2. The van der Waals surface area contributed by atoms with Gasteiger partial charge < -0.3 is 9.13 Å². The zero-order chi connectivity index (χ0) is 82.0. The molecule has 0 aliphatic heterocycles. The van der Waals surface area contributed by atoms with Crippen LogP contribution in [0.2, 0.25) is 0 Å². The molecular weight excluding hydrogens is 1500 g/mol. The summed E-state index contributed by atoms with van der Waals surface area (Å²) in [5.74, 6) is 1.37. The molecule has 0 saturated heterocycles. The predicted octanol–water partition coefficient (Wildman–Crippen LogP) is 31.2. The highest BCUT2D eigenvalue weighted by Gasteiger charge is 2.24. The first-order valence-electron chi connectivity index (χ1n) is 42.6. The number of hydrogen-bond donors (Lipinski definition) is 0. The molecule has 0 amide bonds. The molecule has 1 aliphatic rings. The van der Waals surface area contributed by atoms with Crippen molar-refractivity contribution in [1.82, 2.24) is 29.1 Å². The highest BCUT2D eigenvalue weighted by molar-refractivity contribution is 6.14. The number of hydrogen-bond acceptors (Lipinski definition) is 4. The molecule has 0 saturated carbocycles. The van der Waals surface area contributed by atoms with Crippen molar-refractivity contribution in [2.24, 2.45) is 0 Å². The summed E-state index contributed by atoms with van der Waals surface area (Å²) in [6.45, 7) is 0. The van der Waals surface area contributed by atoms with E-state index in [1.54, 1.807) is 0 Å². The Kier molecular flexibility index (Phi) is 18.3. The minimum Gasteiger partial charge on any atom is -0.333 e. The van der Waals surface area contributed by atoms with Crippen LogP contribution in [0.3, 0.4) is 0 Å². The molecule has 0 spiro atoms. The standard InChI is InChI=1S/C118H78N6/c1-8-29-77(30-9-1)79-51-53-81(54-52-79)110-76-112(122-118(120-110)83-37-16-5-17-38-83)104-62-60-98(100-46-23-25-48-102(100)104)94-69-90(67-92(71-94)86-56-63-114-107(72-86)105-49-26-27-50-113(105)123(114)95-41-18-6-19-42-95)85-40-28-39-84(65-85)88-55-58-106-108-73-87(57-64-115(108)124(116(106)74-88)96-43-20-7-21-44-96)91-66-89(78-31-10-2-11-32-78)68-93(70-91)97-59-61-103(101-47-24-22-45-99(97)101)111-75-109(80-33-12-3-13-34-80)119-117(121-111)82-35-14-4-15-36-82/h1-43,45-76,96H,44H2. The highest BCUT2D eigenvalue weighted by Crippen LogP contribution is 2.47. The summed E-state index contributed by atoms with van der Waals surface area (Å²) < 4.78 is 4.98. The van der Waals surface area contributed by atoms with E-state index < -0.39 is 0 Å². The van der Waals surface area contributed by atoms with Crippen LogP contribution in [-0.2, 0) is 0 Å². The van der Waals surface area contributed by atoms with Crippen molar-refractivity contribution >= 4 is 65.2 Å². The third kappa shape index (κ3) is 13.4. The Morgan fingerprint density at radius 1 is 0.194 bits per heavy atom. The SMILES string of the molecule is C1=CCC(n2c3ccc(-c4cc(-c5ccccc5)cc(-c5ccc(-c6cc(-c7ccccc7)nc(-c7ccccc7)n6)c6ccccc56)c4)cc3c3ccc(-c4cccc(-c5cc(-c6ccc7c(c6)c6ccccc6n7-c6ccccc6)cc(-c6ccc(-c7cc(-c8ccc(-c9ccccc9)cc8)nc(-c8ccccc8)n7)c7ccccc67)c5)c4)cc32)C=C1. The van der Waals surface area contributed by atoms with Gasteiger partial charge in [-0.2, -0.15) is 0 Å². The second-order valence-electron chi connectivity index (χ2n) is 32.3. The Morgan fingerprint density at radius 2 is 0.532 bits per heavy atom. The monoisotopic (exact) mass is 1580 g/mol. The van der Waals surface area contributed by atoms with Gasteiger partial charge in [0.2, 0.25) is 0 Å². The smallest absolute Gasteiger partial charge is 0.160 e. The molecule has 18 aromatic carbocycles.